The summed E-state index contributed by atoms with van der Waals surface area (Å²) in [5.41, 5.74) is 7.26. The van der Waals surface area contributed by atoms with E-state index in [1.165, 1.54) is 12.8 Å². The van der Waals surface area contributed by atoms with E-state index in [-0.39, 0.29) is 5.92 Å². The molecule has 0 spiro atoms. The fourth-order valence-corrected chi connectivity index (χ4v) is 2.32. The second kappa shape index (κ2) is 5.82. The molecule has 102 valence electrons. The van der Waals surface area contributed by atoms with Crippen LogP contribution in [0.1, 0.15) is 61.5 Å². The first kappa shape index (κ1) is 13.5. The maximum Gasteiger partial charge on any atom is 0.254 e. The maximum atomic E-state index is 11.7. The molecular formula is C14H20N4O. The third kappa shape index (κ3) is 2.75. The number of unbranched alkanes of at least 4 members (excludes halogenated alkanes) is 2. The Morgan fingerprint density at radius 2 is 2.26 bits per heavy atom. The van der Waals surface area contributed by atoms with Crippen LogP contribution in [-0.2, 0) is 0 Å². The molecule has 19 heavy (non-hydrogen) atoms. The average Bonchev–Trinajstić information content (AvgIpc) is 2.78. The predicted molar refractivity (Wildman–Crippen MR) is 74.1 cm³/mol. The van der Waals surface area contributed by atoms with Gasteiger partial charge in [-0.3, -0.25) is 4.79 Å². The summed E-state index contributed by atoms with van der Waals surface area (Å²) in [6, 6.07) is 1.79. The number of primary amides is 1. The highest BCUT2D eigenvalue weighted by Crippen LogP contribution is 2.25. The first-order valence-corrected chi connectivity index (χ1v) is 6.78. The van der Waals surface area contributed by atoms with E-state index in [1.807, 2.05) is 0 Å². The number of amides is 1. The van der Waals surface area contributed by atoms with Gasteiger partial charge in [-0.25, -0.2) is 9.50 Å². The molecule has 1 atom stereocenters. The van der Waals surface area contributed by atoms with Crippen LogP contribution in [0.2, 0.25) is 0 Å². The first-order chi connectivity index (χ1) is 9.15. The number of hydrogen-bond donors (Lipinski definition) is 1. The van der Waals surface area contributed by atoms with Crippen molar-refractivity contribution < 1.29 is 4.79 Å². The third-order valence-electron chi connectivity index (χ3n) is 3.38. The largest absolute Gasteiger partial charge is 0.365 e. The fraction of sp³-hybridized carbons (Fsp3) is 0.500. The molecule has 2 aromatic rings. The van der Waals surface area contributed by atoms with E-state index in [9.17, 15) is 4.79 Å². The van der Waals surface area contributed by atoms with Crippen molar-refractivity contribution in [2.24, 2.45) is 5.73 Å². The second-order valence-electron chi connectivity index (χ2n) is 4.91. The molecule has 0 aromatic carbocycles. The molecule has 2 aromatic heterocycles. The van der Waals surface area contributed by atoms with Crippen molar-refractivity contribution in [1.82, 2.24) is 14.6 Å². The van der Waals surface area contributed by atoms with Crippen LogP contribution in [0.5, 0.6) is 0 Å². The smallest absolute Gasteiger partial charge is 0.254 e. The van der Waals surface area contributed by atoms with Gasteiger partial charge >= 0.3 is 0 Å². The Bertz CT molecular complexity index is 576. The van der Waals surface area contributed by atoms with Gasteiger partial charge in [-0.05, 0) is 12.5 Å². The molecule has 5 heteroatoms. The number of nitrogens with zero attached hydrogens (tertiary/aromatic N) is 3. The molecule has 0 saturated carbocycles. The van der Waals surface area contributed by atoms with Crippen LogP contribution >= 0.6 is 0 Å². The molecule has 0 aliphatic carbocycles. The van der Waals surface area contributed by atoms with Gasteiger partial charge < -0.3 is 5.73 Å². The molecule has 0 bridgehead atoms. The second-order valence-corrected chi connectivity index (χ2v) is 4.91. The summed E-state index contributed by atoms with van der Waals surface area (Å²) in [6.07, 6.45) is 7.96. The van der Waals surface area contributed by atoms with Crippen molar-refractivity contribution in [1.29, 1.82) is 0 Å². The van der Waals surface area contributed by atoms with Crippen LogP contribution in [0, 0.1) is 0 Å². The van der Waals surface area contributed by atoms with Gasteiger partial charge in [-0.1, -0.05) is 33.1 Å². The molecule has 0 saturated heterocycles. The lowest BCUT2D eigenvalue weighted by Gasteiger charge is -2.09. The topological polar surface area (TPSA) is 73.3 Å². The minimum atomic E-state index is -0.453. The molecule has 2 heterocycles. The molecule has 0 aliphatic rings. The van der Waals surface area contributed by atoms with Gasteiger partial charge in [0.05, 0.1) is 5.69 Å². The Balaban J connectivity index is 2.36. The maximum absolute atomic E-state index is 11.7. The van der Waals surface area contributed by atoms with Crippen LogP contribution < -0.4 is 5.73 Å². The predicted octanol–water partition coefficient (Wildman–Crippen LogP) is 2.51. The fourth-order valence-electron chi connectivity index (χ4n) is 2.32. The summed E-state index contributed by atoms with van der Waals surface area (Å²) < 4.78 is 1.63. The van der Waals surface area contributed by atoms with E-state index in [0.717, 1.165) is 18.5 Å². The van der Waals surface area contributed by atoms with Crippen LogP contribution in [0.25, 0.3) is 5.65 Å². The summed E-state index contributed by atoms with van der Waals surface area (Å²) in [7, 11) is 0. The van der Waals surface area contributed by atoms with E-state index < -0.39 is 5.91 Å². The minimum absolute atomic E-state index is 0.218. The normalized spacial score (nSPS) is 12.7. The van der Waals surface area contributed by atoms with Crippen LogP contribution in [-0.4, -0.2) is 20.5 Å². The van der Waals surface area contributed by atoms with Gasteiger partial charge in [0.25, 0.3) is 5.91 Å². The number of aromatic nitrogens is 3. The zero-order chi connectivity index (χ0) is 13.8. The molecule has 0 aliphatic heterocycles. The number of rotatable bonds is 6. The Hall–Kier alpha value is -1.91. The quantitative estimate of drug-likeness (QED) is 0.811. The van der Waals surface area contributed by atoms with E-state index >= 15 is 0 Å². The summed E-state index contributed by atoms with van der Waals surface area (Å²) in [5, 5.41) is 4.47. The summed E-state index contributed by atoms with van der Waals surface area (Å²) in [6.45, 7) is 4.26. The van der Waals surface area contributed by atoms with Crippen LogP contribution in [0.4, 0.5) is 0 Å². The molecule has 0 radical (unpaired) electrons. The molecule has 1 amide bonds. The number of fused-ring (bicyclic) bond motifs is 1. The van der Waals surface area contributed by atoms with Gasteiger partial charge in [0.15, 0.2) is 5.65 Å². The van der Waals surface area contributed by atoms with E-state index in [1.54, 1.807) is 23.0 Å². The Morgan fingerprint density at radius 3 is 2.95 bits per heavy atom. The molecule has 5 nitrogen and oxygen atoms in total. The molecule has 2 rings (SSSR count). The minimum Gasteiger partial charge on any atom is -0.365 e. The van der Waals surface area contributed by atoms with Crippen molar-refractivity contribution in [3.8, 4) is 0 Å². The van der Waals surface area contributed by atoms with Gasteiger partial charge in [0, 0.05) is 18.3 Å². The Morgan fingerprint density at radius 1 is 1.47 bits per heavy atom. The van der Waals surface area contributed by atoms with E-state index in [0.29, 0.717) is 11.2 Å². The lowest BCUT2D eigenvalue weighted by molar-refractivity contribution is 0.100. The van der Waals surface area contributed by atoms with Crippen molar-refractivity contribution in [3.63, 3.8) is 0 Å². The van der Waals surface area contributed by atoms with E-state index in [4.69, 9.17) is 5.73 Å². The number of carbonyl (C=O) groups is 1. The van der Waals surface area contributed by atoms with Gasteiger partial charge in [0.1, 0.15) is 5.56 Å². The zero-order valence-corrected chi connectivity index (χ0v) is 11.5. The van der Waals surface area contributed by atoms with Gasteiger partial charge in [0.2, 0.25) is 0 Å². The highest BCUT2D eigenvalue weighted by molar-refractivity contribution is 6.00. The van der Waals surface area contributed by atoms with Gasteiger partial charge in [-0.2, -0.15) is 5.10 Å². The van der Waals surface area contributed by atoms with Crippen LogP contribution in [0.3, 0.4) is 0 Å². The molecule has 0 fully saturated rings. The summed E-state index contributed by atoms with van der Waals surface area (Å²) in [4.78, 5) is 15.9. The van der Waals surface area contributed by atoms with Crippen LogP contribution in [0.15, 0.2) is 18.5 Å². The van der Waals surface area contributed by atoms with Crippen molar-refractivity contribution in [3.05, 3.63) is 29.7 Å². The lowest BCUT2D eigenvalue weighted by atomic mass is 9.97. The average molecular weight is 260 g/mol. The Kier molecular flexibility index (Phi) is 4.14. The Labute approximate surface area is 112 Å². The van der Waals surface area contributed by atoms with Crippen molar-refractivity contribution in [2.45, 2.75) is 45.4 Å². The van der Waals surface area contributed by atoms with Crippen molar-refractivity contribution in [2.75, 3.05) is 0 Å². The third-order valence-corrected chi connectivity index (χ3v) is 3.38. The van der Waals surface area contributed by atoms with E-state index in [2.05, 4.69) is 23.9 Å². The van der Waals surface area contributed by atoms with Crippen molar-refractivity contribution >= 4 is 11.6 Å². The summed E-state index contributed by atoms with van der Waals surface area (Å²) >= 11 is 0. The number of nitrogens with two attached hydrogens (primary N) is 1. The summed E-state index contributed by atoms with van der Waals surface area (Å²) in [5.74, 6) is -0.234. The standard InChI is InChI=1S/C14H20N4O/c1-3-4-5-7-10(2)12-11(13(15)19)14-16-8-6-9-18(14)17-12/h6,8-10H,3-5,7H2,1-2H3,(H2,15,19). The van der Waals surface area contributed by atoms with Gasteiger partial charge in [-0.15, -0.1) is 0 Å². The number of hydrogen-bond acceptors (Lipinski definition) is 3. The zero-order valence-electron chi connectivity index (χ0n) is 11.5. The molecular weight excluding hydrogens is 240 g/mol. The SMILES string of the molecule is CCCCCC(C)c1nn2cccnc2c1C(N)=O. The first-order valence-electron chi connectivity index (χ1n) is 6.78. The molecule has 1 unspecified atom stereocenters. The number of carbonyl (C=O) groups excluding carboxylic acids is 1. The monoisotopic (exact) mass is 260 g/mol. The lowest BCUT2D eigenvalue weighted by Crippen LogP contribution is -2.14. The highest BCUT2D eigenvalue weighted by atomic mass is 16.1. The highest BCUT2D eigenvalue weighted by Gasteiger charge is 2.22. The molecule has 2 N–H and O–H groups in total.